The van der Waals surface area contributed by atoms with E-state index in [1.54, 1.807) is 0 Å². The van der Waals surface area contributed by atoms with E-state index in [0.717, 1.165) is 12.8 Å². The van der Waals surface area contributed by atoms with Crippen LogP contribution in [0.5, 0.6) is 0 Å². The van der Waals surface area contributed by atoms with Gasteiger partial charge in [-0.3, -0.25) is 15.8 Å². The molecule has 24 heavy (non-hydrogen) atoms. The van der Waals surface area contributed by atoms with E-state index in [0.29, 0.717) is 18.1 Å². The van der Waals surface area contributed by atoms with Crippen LogP contribution in [-0.2, 0) is 0 Å². The number of nitrogens with one attached hydrogen (secondary N) is 2. The highest BCUT2D eigenvalue weighted by molar-refractivity contribution is 7.77. The lowest BCUT2D eigenvalue weighted by Crippen LogP contribution is -2.22. The van der Waals surface area contributed by atoms with Crippen molar-refractivity contribution in [1.82, 2.24) is 15.8 Å². The Bertz CT molecular complexity index is 670. The minimum atomic E-state index is -0.552. The van der Waals surface area contributed by atoms with Crippen LogP contribution in [0.25, 0.3) is 0 Å². The highest BCUT2D eigenvalue weighted by atomic mass is 35.5. The molecular weight excluding hydrogens is 359 g/mol. The number of nitrogens with two attached hydrogens (primary N) is 1. The predicted octanol–water partition coefficient (Wildman–Crippen LogP) is 2.92. The minimum absolute atomic E-state index is 0.00271. The van der Waals surface area contributed by atoms with Crippen LogP contribution in [0.2, 0.25) is 5.02 Å². The van der Waals surface area contributed by atoms with Crippen LogP contribution in [-0.4, -0.2) is 27.9 Å². The molecule has 11 heteroatoms. The molecule has 8 nitrogen and oxygen atoms in total. The van der Waals surface area contributed by atoms with E-state index in [1.165, 1.54) is 18.2 Å². The molecule has 0 bridgehead atoms. The van der Waals surface area contributed by atoms with Crippen molar-refractivity contribution in [3.05, 3.63) is 34.7 Å². The summed E-state index contributed by atoms with van der Waals surface area (Å²) in [5.74, 6) is -0.200. The van der Waals surface area contributed by atoms with Gasteiger partial charge in [0, 0.05) is 6.54 Å². The number of aromatic nitrogens is 2. The van der Waals surface area contributed by atoms with Crippen LogP contribution >= 0.6 is 24.4 Å². The maximum atomic E-state index is 13.1. The van der Waals surface area contributed by atoms with Gasteiger partial charge in [0.1, 0.15) is 5.82 Å². The standard InChI is InChI=1S/C13H15ClFN5O2.H3NS/c1-2-3-6-16-12-11(19-22-20-12)13(18-21)17-8-4-5-10(15)9(14)7-8;1-2/h4-5,7,21H,2-3,6H2,1H3,(H,16,20)(H,17,18);2H,1H2. The lowest BCUT2D eigenvalue weighted by molar-refractivity contribution is 0.234. The van der Waals surface area contributed by atoms with E-state index in [1.807, 2.05) is 5.48 Å². The van der Waals surface area contributed by atoms with Crippen molar-refractivity contribution < 1.29 is 14.2 Å². The molecular formula is C13H18ClFN6O2S. The van der Waals surface area contributed by atoms with Gasteiger partial charge in [0.2, 0.25) is 5.82 Å². The fraction of sp³-hybridized carbons (Fsp3) is 0.308. The van der Waals surface area contributed by atoms with Crippen molar-refractivity contribution >= 4 is 41.8 Å². The number of anilines is 1. The van der Waals surface area contributed by atoms with Gasteiger partial charge in [0.25, 0.3) is 0 Å². The number of halogens is 2. The van der Waals surface area contributed by atoms with E-state index < -0.39 is 5.82 Å². The molecule has 0 spiro atoms. The molecule has 0 saturated carbocycles. The zero-order valence-electron chi connectivity index (χ0n) is 12.8. The third kappa shape index (κ3) is 5.64. The first-order valence-corrected chi connectivity index (χ1v) is 7.81. The number of benzene rings is 1. The normalized spacial score (nSPS) is 10.8. The van der Waals surface area contributed by atoms with E-state index in [9.17, 15) is 9.60 Å². The molecule has 5 N–H and O–H groups in total. The summed E-state index contributed by atoms with van der Waals surface area (Å²) in [6, 6.07) is 3.92. The predicted molar refractivity (Wildman–Crippen MR) is 93.4 cm³/mol. The number of nitrogens with zero attached hydrogens (tertiary/aromatic N) is 3. The summed E-state index contributed by atoms with van der Waals surface area (Å²) < 4.78 is 17.8. The van der Waals surface area contributed by atoms with Gasteiger partial charge in [0.05, 0.1) is 10.7 Å². The third-order valence-corrected chi connectivity index (χ3v) is 3.08. The summed E-state index contributed by atoms with van der Waals surface area (Å²) in [5, 5.41) is 23.8. The summed E-state index contributed by atoms with van der Waals surface area (Å²) in [6.45, 7) is 2.74. The zero-order valence-corrected chi connectivity index (χ0v) is 14.5. The van der Waals surface area contributed by atoms with Gasteiger partial charge in [-0.05, 0) is 34.9 Å². The molecule has 0 atom stereocenters. The topological polar surface area (TPSA) is 122 Å². The maximum Gasteiger partial charge on any atom is 0.202 e. The highest BCUT2D eigenvalue weighted by Crippen LogP contribution is 2.22. The first kappa shape index (κ1) is 20.2. The zero-order chi connectivity index (χ0) is 17.9. The van der Waals surface area contributed by atoms with Crippen molar-refractivity contribution in [3.8, 4) is 0 Å². The molecule has 2 aromatic rings. The largest absolute Gasteiger partial charge is 0.365 e. The SMILES string of the molecule is CCCCNc1nonc1C(=Nc1ccc(F)c(Cl)c1)NO.NS. The number of amidine groups is 1. The summed E-state index contributed by atoms with van der Waals surface area (Å²) in [4.78, 5) is 4.11. The number of hydrogen-bond donors (Lipinski definition) is 5. The smallest absolute Gasteiger partial charge is 0.202 e. The molecule has 0 aliphatic rings. The Morgan fingerprint density at radius 2 is 2.21 bits per heavy atom. The fourth-order valence-corrected chi connectivity index (χ4v) is 1.83. The second kappa shape index (κ2) is 10.8. The van der Waals surface area contributed by atoms with E-state index in [2.05, 4.69) is 50.1 Å². The molecule has 0 amide bonds. The van der Waals surface area contributed by atoms with Gasteiger partial charge >= 0.3 is 0 Å². The van der Waals surface area contributed by atoms with Gasteiger partial charge < -0.3 is 5.32 Å². The Kier molecular flexibility index (Phi) is 9.08. The summed E-state index contributed by atoms with van der Waals surface area (Å²) in [6.07, 6.45) is 1.96. The molecule has 0 radical (unpaired) electrons. The van der Waals surface area contributed by atoms with Crippen molar-refractivity contribution in [2.24, 2.45) is 10.1 Å². The van der Waals surface area contributed by atoms with E-state index in [-0.39, 0.29) is 16.6 Å². The Morgan fingerprint density at radius 3 is 2.83 bits per heavy atom. The lowest BCUT2D eigenvalue weighted by atomic mass is 10.3. The van der Waals surface area contributed by atoms with Crippen LogP contribution in [0.1, 0.15) is 25.5 Å². The van der Waals surface area contributed by atoms with Crippen molar-refractivity contribution in [2.45, 2.75) is 19.8 Å². The molecule has 2 rings (SSSR count). The highest BCUT2D eigenvalue weighted by Gasteiger charge is 2.16. The number of unbranched alkanes of at least 4 members (excludes halogenated alkanes) is 1. The van der Waals surface area contributed by atoms with Crippen molar-refractivity contribution in [2.75, 3.05) is 11.9 Å². The van der Waals surface area contributed by atoms with Crippen LogP contribution in [0.4, 0.5) is 15.9 Å². The van der Waals surface area contributed by atoms with Gasteiger partial charge in [0.15, 0.2) is 11.5 Å². The Hall–Kier alpha value is -1.88. The van der Waals surface area contributed by atoms with E-state index in [4.69, 9.17) is 11.6 Å². The van der Waals surface area contributed by atoms with Crippen LogP contribution < -0.4 is 15.9 Å². The molecule has 132 valence electrons. The Labute approximate surface area is 148 Å². The van der Waals surface area contributed by atoms with Gasteiger partial charge in [-0.2, -0.15) is 0 Å². The Morgan fingerprint density at radius 1 is 1.46 bits per heavy atom. The monoisotopic (exact) mass is 376 g/mol. The minimum Gasteiger partial charge on any atom is -0.365 e. The molecule has 0 unspecified atom stereocenters. The molecule has 0 aliphatic carbocycles. The summed E-state index contributed by atoms with van der Waals surface area (Å²) in [7, 11) is 0. The first-order valence-electron chi connectivity index (χ1n) is 6.92. The molecule has 0 fully saturated rings. The average molecular weight is 377 g/mol. The third-order valence-electron chi connectivity index (χ3n) is 2.79. The van der Waals surface area contributed by atoms with Gasteiger partial charge in [-0.1, -0.05) is 24.9 Å². The molecule has 0 aliphatic heterocycles. The van der Waals surface area contributed by atoms with Gasteiger partial charge in [-0.25, -0.2) is 14.0 Å². The van der Waals surface area contributed by atoms with Crippen LogP contribution in [0, 0.1) is 5.82 Å². The van der Waals surface area contributed by atoms with Crippen LogP contribution in [0.3, 0.4) is 0 Å². The van der Waals surface area contributed by atoms with E-state index >= 15 is 0 Å². The number of rotatable bonds is 6. The maximum absolute atomic E-state index is 13.1. The molecule has 1 aromatic carbocycles. The molecule has 0 saturated heterocycles. The fourth-order valence-electron chi connectivity index (χ4n) is 1.66. The Balaban J connectivity index is 0.00000139. The number of aliphatic imine (C=N–C) groups is 1. The molecule has 1 aromatic heterocycles. The molecule has 1 heterocycles. The van der Waals surface area contributed by atoms with Gasteiger partial charge in [-0.15, -0.1) is 12.8 Å². The quantitative estimate of drug-likeness (QED) is 0.173. The van der Waals surface area contributed by atoms with Crippen molar-refractivity contribution in [1.29, 1.82) is 0 Å². The summed E-state index contributed by atoms with van der Waals surface area (Å²) in [5.41, 5.74) is 2.47. The lowest BCUT2D eigenvalue weighted by Gasteiger charge is -2.05. The second-order valence-corrected chi connectivity index (χ2v) is 4.82. The number of hydrogen-bond acceptors (Lipinski definition) is 8. The second-order valence-electron chi connectivity index (χ2n) is 4.41. The number of thiol groups is 1. The average Bonchev–Trinajstić information content (AvgIpc) is 3.06. The first-order chi connectivity index (χ1) is 11.7. The summed E-state index contributed by atoms with van der Waals surface area (Å²) >= 11 is 8.72. The van der Waals surface area contributed by atoms with Crippen molar-refractivity contribution in [3.63, 3.8) is 0 Å². The number of hydroxylamine groups is 1. The van der Waals surface area contributed by atoms with Crippen LogP contribution in [0.15, 0.2) is 27.8 Å².